The molecule has 0 aliphatic heterocycles. The molecular weight excluding hydrogens is 168 g/mol. The summed E-state index contributed by atoms with van der Waals surface area (Å²) >= 11 is 3.90. The summed E-state index contributed by atoms with van der Waals surface area (Å²) in [5.74, 6) is 0.592. The van der Waals surface area contributed by atoms with Crippen LogP contribution >= 0.6 is 22.5 Å². The number of esters is 1. The average molecular weight is 180 g/mol. The zero-order chi connectivity index (χ0) is 7.98. The number of carbonyl (C=O) groups excluding carboxylic acids is 1. The van der Waals surface area contributed by atoms with Crippen molar-refractivity contribution < 1.29 is 9.53 Å². The number of ether oxygens (including phenoxy) is 1. The standard InChI is InChI=1S/C6H12O2S2/c1-5(2)6(7)8-3-4-10-9/h5,9H,3-4H2,1-2H3. The zero-order valence-corrected chi connectivity index (χ0v) is 7.87. The fraction of sp³-hybridized carbons (Fsp3) is 0.833. The van der Waals surface area contributed by atoms with E-state index in [0.717, 1.165) is 5.75 Å². The highest BCUT2D eigenvalue weighted by Gasteiger charge is 2.06. The van der Waals surface area contributed by atoms with Gasteiger partial charge in [0, 0.05) is 5.75 Å². The molecule has 0 N–H and O–H groups in total. The van der Waals surface area contributed by atoms with Crippen molar-refractivity contribution in [2.75, 3.05) is 12.4 Å². The van der Waals surface area contributed by atoms with Gasteiger partial charge in [0.15, 0.2) is 0 Å². The minimum Gasteiger partial charge on any atom is -0.465 e. The van der Waals surface area contributed by atoms with Gasteiger partial charge in [-0.15, -0.1) is 11.7 Å². The third-order valence-electron chi connectivity index (χ3n) is 0.890. The first-order valence-corrected chi connectivity index (χ1v) is 5.15. The van der Waals surface area contributed by atoms with Gasteiger partial charge in [-0.25, -0.2) is 0 Å². The number of hydrogen-bond acceptors (Lipinski definition) is 4. The van der Waals surface area contributed by atoms with E-state index >= 15 is 0 Å². The summed E-state index contributed by atoms with van der Waals surface area (Å²) in [6.45, 7) is 4.09. The van der Waals surface area contributed by atoms with Crippen LogP contribution in [-0.4, -0.2) is 18.3 Å². The first kappa shape index (κ1) is 10.2. The number of hydrogen-bond donors (Lipinski definition) is 1. The molecule has 0 aromatic rings. The normalized spacial score (nSPS) is 10.0. The molecule has 4 heteroatoms. The van der Waals surface area contributed by atoms with Crippen LogP contribution in [0.1, 0.15) is 13.8 Å². The van der Waals surface area contributed by atoms with Crippen LogP contribution in [0.4, 0.5) is 0 Å². The van der Waals surface area contributed by atoms with E-state index in [-0.39, 0.29) is 11.9 Å². The molecule has 0 spiro atoms. The Bertz CT molecular complexity index is 104. The monoisotopic (exact) mass is 180 g/mol. The molecule has 10 heavy (non-hydrogen) atoms. The average Bonchev–Trinajstić information content (AvgIpc) is 1.88. The maximum absolute atomic E-state index is 10.8. The van der Waals surface area contributed by atoms with E-state index in [0.29, 0.717) is 6.61 Å². The minimum atomic E-state index is -0.137. The van der Waals surface area contributed by atoms with Crippen molar-refractivity contribution in [1.29, 1.82) is 0 Å². The second-order valence-electron chi connectivity index (χ2n) is 2.16. The summed E-state index contributed by atoms with van der Waals surface area (Å²) in [5.41, 5.74) is 0. The van der Waals surface area contributed by atoms with Crippen molar-refractivity contribution in [3.63, 3.8) is 0 Å². The Morgan fingerprint density at radius 2 is 2.30 bits per heavy atom. The minimum absolute atomic E-state index is 0.0232. The lowest BCUT2D eigenvalue weighted by Gasteiger charge is -2.04. The lowest BCUT2D eigenvalue weighted by molar-refractivity contribution is -0.146. The molecular formula is C6H12O2S2. The number of rotatable bonds is 4. The van der Waals surface area contributed by atoms with Gasteiger partial charge in [-0.3, -0.25) is 4.79 Å². The molecule has 0 aromatic carbocycles. The van der Waals surface area contributed by atoms with E-state index < -0.39 is 0 Å². The molecule has 0 atom stereocenters. The van der Waals surface area contributed by atoms with E-state index in [4.69, 9.17) is 4.74 Å². The summed E-state index contributed by atoms with van der Waals surface area (Å²) in [7, 11) is 1.37. The van der Waals surface area contributed by atoms with Gasteiger partial charge in [0.2, 0.25) is 0 Å². The van der Waals surface area contributed by atoms with Crippen LogP contribution in [0.15, 0.2) is 0 Å². The summed E-state index contributed by atoms with van der Waals surface area (Å²) in [5, 5.41) is 0. The molecule has 0 heterocycles. The van der Waals surface area contributed by atoms with Crippen molar-refractivity contribution >= 4 is 28.4 Å². The third-order valence-corrected chi connectivity index (χ3v) is 1.79. The largest absolute Gasteiger partial charge is 0.465 e. The van der Waals surface area contributed by atoms with Crippen LogP contribution in [0.25, 0.3) is 0 Å². The second kappa shape index (κ2) is 5.92. The predicted octanol–water partition coefficient (Wildman–Crippen LogP) is 1.76. The quantitative estimate of drug-likeness (QED) is 0.309. The molecule has 0 aromatic heterocycles. The summed E-state index contributed by atoms with van der Waals surface area (Å²) in [6, 6.07) is 0. The Hall–Kier alpha value is 0.170. The van der Waals surface area contributed by atoms with Gasteiger partial charge in [0.1, 0.15) is 6.61 Å². The lowest BCUT2D eigenvalue weighted by atomic mass is 10.2. The van der Waals surface area contributed by atoms with Crippen molar-refractivity contribution in [3.8, 4) is 0 Å². The van der Waals surface area contributed by atoms with Crippen LogP contribution in [0.5, 0.6) is 0 Å². The van der Waals surface area contributed by atoms with Crippen LogP contribution in [0, 0.1) is 5.92 Å². The number of thiol groups is 1. The summed E-state index contributed by atoms with van der Waals surface area (Å²) in [6.07, 6.45) is 0. The smallest absolute Gasteiger partial charge is 0.308 e. The maximum Gasteiger partial charge on any atom is 0.308 e. The first-order chi connectivity index (χ1) is 4.68. The van der Waals surface area contributed by atoms with E-state index in [2.05, 4.69) is 11.7 Å². The highest BCUT2D eigenvalue weighted by Crippen LogP contribution is 2.04. The topological polar surface area (TPSA) is 26.3 Å². The molecule has 2 nitrogen and oxygen atoms in total. The molecule has 0 saturated heterocycles. The Kier molecular flexibility index (Phi) is 6.02. The van der Waals surface area contributed by atoms with E-state index in [1.807, 2.05) is 13.8 Å². The Labute approximate surface area is 70.5 Å². The molecule has 0 radical (unpaired) electrons. The lowest BCUT2D eigenvalue weighted by Crippen LogP contribution is -2.13. The predicted molar refractivity (Wildman–Crippen MR) is 47.2 cm³/mol. The molecule has 0 saturated carbocycles. The highest BCUT2D eigenvalue weighted by molar-refractivity contribution is 8.68. The fourth-order valence-corrected chi connectivity index (χ4v) is 0.728. The van der Waals surface area contributed by atoms with Gasteiger partial charge in [-0.05, 0) is 0 Å². The van der Waals surface area contributed by atoms with Gasteiger partial charge in [0.05, 0.1) is 5.92 Å². The molecule has 0 rings (SSSR count). The maximum atomic E-state index is 10.8. The Balaban J connectivity index is 3.22. The summed E-state index contributed by atoms with van der Waals surface area (Å²) < 4.78 is 4.84. The van der Waals surface area contributed by atoms with Crippen LogP contribution in [-0.2, 0) is 9.53 Å². The summed E-state index contributed by atoms with van der Waals surface area (Å²) in [4.78, 5) is 10.8. The van der Waals surface area contributed by atoms with Crippen LogP contribution in [0.2, 0.25) is 0 Å². The molecule has 0 amide bonds. The van der Waals surface area contributed by atoms with Crippen molar-refractivity contribution in [1.82, 2.24) is 0 Å². The molecule has 0 aliphatic carbocycles. The SMILES string of the molecule is CC(C)C(=O)OCCSS. The van der Waals surface area contributed by atoms with Gasteiger partial charge in [-0.1, -0.05) is 24.6 Å². The Morgan fingerprint density at radius 1 is 1.70 bits per heavy atom. The number of carbonyl (C=O) groups is 1. The molecule has 60 valence electrons. The second-order valence-corrected chi connectivity index (χ2v) is 3.60. The van der Waals surface area contributed by atoms with Crippen molar-refractivity contribution in [2.24, 2.45) is 5.92 Å². The van der Waals surface area contributed by atoms with Gasteiger partial charge in [-0.2, -0.15) is 0 Å². The van der Waals surface area contributed by atoms with E-state index in [9.17, 15) is 4.79 Å². The zero-order valence-electron chi connectivity index (χ0n) is 6.16. The Morgan fingerprint density at radius 3 is 2.70 bits per heavy atom. The van der Waals surface area contributed by atoms with Crippen molar-refractivity contribution in [2.45, 2.75) is 13.8 Å². The van der Waals surface area contributed by atoms with Gasteiger partial charge in [0.25, 0.3) is 0 Å². The van der Waals surface area contributed by atoms with E-state index in [1.54, 1.807) is 0 Å². The molecule has 0 unspecified atom stereocenters. The molecule has 0 bridgehead atoms. The molecule has 0 aliphatic rings. The first-order valence-electron chi connectivity index (χ1n) is 3.11. The van der Waals surface area contributed by atoms with Crippen molar-refractivity contribution in [3.05, 3.63) is 0 Å². The van der Waals surface area contributed by atoms with Crippen LogP contribution < -0.4 is 0 Å². The molecule has 0 fully saturated rings. The van der Waals surface area contributed by atoms with Crippen LogP contribution in [0.3, 0.4) is 0 Å². The highest BCUT2D eigenvalue weighted by atomic mass is 33.1. The fourth-order valence-electron chi connectivity index (χ4n) is 0.346. The third kappa shape index (κ3) is 4.99. The van der Waals surface area contributed by atoms with E-state index in [1.165, 1.54) is 10.8 Å². The van der Waals surface area contributed by atoms with Gasteiger partial charge >= 0.3 is 5.97 Å². The van der Waals surface area contributed by atoms with Gasteiger partial charge < -0.3 is 4.74 Å².